The number of aromatic amines is 2. The number of H-pyrrole nitrogens is 2. The first kappa shape index (κ1) is 13.4. The Morgan fingerprint density at radius 3 is 2.00 bits per heavy atom. The molecule has 2 N–H and O–H groups in total. The van der Waals surface area contributed by atoms with E-state index in [9.17, 15) is 0 Å². The summed E-state index contributed by atoms with van der Waals surface area (Å²) in [5.41, 5.74) is 0. The molecule has 1 heterocycles. The summed E-state index contributed by atoms with van der Waals surface area (Å²) < 4.78 is 0.685. The van der Waals surface area contributed by atoms with Gasteiger partial charge in [-0.15, -0.1) is 12.6 Å². The van der Waals surface area contributed by atoms with Crippen LogP contribution in [0.25, 0.3) is 0 Å². The van der Waals surface area contributed by atoms with Crippen molar-refractivity contribution in [1.29, 1.82) is 0 Å². The predicted molar refractivity (Wildman–Crippen MR) is 44.7 cm³/mol. The summed E-state index contributed by atoms with van der Waals surface area (Å²) in [5, 5.41) is 6.15. The molecule has 2 nitrogen and oxygen atoms in total. The van der Waals surface area contributed by atoms with Crippen molar-refractivity contribution in [3.05, 3.63) is 10.7 Å². The van der Waals surface area contributed by atoms with Crippen LogP contribution in [0.5, 0.6) is 0 Å². The van der Waals surface area contributed by atoms with Crippen molar-refractivity contribution in [2.45, 2.75) is 5.03 Å². The molecule has 0 saturated carbocycles. The second kappa shape index (κ2) is 6.49. The summed E-state index contributed by atoms with van der Waals surface area (Å²) in [6.07, 6.45) is 0. The molecule has 1 aromatic heterocycles. The number of nitrogens with one attached hydrogen (secondary N) is 2. The standard InChI is InChI=1S/C3H4N2S2.2Na/c6-2-1-3(7)5-4-2;;/h1H,(H3,4,5,6,7);;. The maximum atomic E-state index is 4.70. The van der Waals surface area contributed by atoms with Crippen molar-refractivity contribution in [1.82, 2.24) is 10.2 Å². The van der Waals surface area contributed by atoms with Gasteiger partial charge in [0, 0.05) is 65.2 Å². The zero-order chi connectivity index (χ0) is 5.28. The summed E-state index contributed by atoms with van der Waals surface area (Å²) in [4.78, 5) is 0. The van der Waals surface area contributed by atoms with Gasteiger partial charge in [-0.05, 0) is 0 Å². The van der Waals surface area contributed by atoms with E-state index in [4.69, 9.17) is 12.2 Å². The normalized spacial score (nSPS) is 7.22. The van der Waals surface area contributed by atoms with E-state index in [0.717, 1.165) is 5.03 Å². The van der Waals surface area contributed by atoms with Gasteiger partial charge in [-0.1, -0.05) is 12.2 Å². The zero-order valence-corrected chi connectivity index (χ0v) is 11.1. The Kier molecular flexibility index (Phi) is 9.64. The first-order valence-electron chi connectivity index (χ1n) is 1.76. The maximum Gasteiger partial charge on any atom is 0.120 e. The van der Waals surface area contributed by atoms with Crippen molar-refractivity contribution < 1.29 is 0 Å². The molecular weight excluding hydrogens is 174 g/mol. The van der Waals surface area contributed by atoms with Gasteiger partial charge in [-0.2, -0.15) is 0 Å². The molecule has 0 saturated heterocycles. The van der Waals surface area contributed by atoms with E-state index in [2.05, 4.69) is 22.8 Å². The first-order valence-corrected chi connectivity index (χ1v) is 2.61. The second-order valence-electron chi connectivity index (χ2n) is 1.14. The fourth-order valence-corrected chi connectivity index (χ4v) is 0.763. The monoisotopic (exact) mass is 178 g/mol. The number of hydrogen-bond acceptors (Lipinski definition) is 2. The fourth-order valence-electron chi connectivity index (χ4n) is 0.322. The van der Waals surface area contributed by atoms with Gasteiger partial charge in [-0.3, -0.25) is 10.2 Å². The molecule has 0 aromatic carbocycles. The average Bonchev–Trinajstić information content (AvgIpc) is 1.87. The van der Waals surface area contributed by atoms with Gasteiger partial charge in [0.1, 0.15) is 4.64 Å². The van der Waals surface area contributed by atoms with Crippen LogP contribution in [0.15, 0.2) is 11.1 Å². The average molecular weight is 178 g/mol. The van der Waals surface area contributed by atoms with E-state index in [1.807, 2.05) is 0 Å². The Labute approximate surface area is 108 Å². The van der Waals surface area contributed by atoms with Crippen molar-refractivity contribution in [2.75, 3.05) is 0 Å². The van der Waals surface area contributed by atoms with Crippen molar-refractivity contribution >= 4 is 84.0 Å². The molecule has 1 aromatic rings. The van der Waals surface area contributed by atoms with Crippen LogP contribution in [0.4, 0.5) is 0 Å². The zero-order valence-electron chi connectivity index (χ0n) is 5.43. The van der Waals surface area contributed by atoms with Crippen LogP contribution < -0.4 is 0 Å². The number of thiol groups is 1. The molecule has 0 aliphatic heterocycles. The third-order valence-corrected chi connectivity index (χ3v) is 1.04. The Bertz CT molecular complexity index is 206. The molecule has 0 fully saturated rings. The van der Waals surface area contributed by atoms with Gasteiger partial charge in [0.15, 0.2) is 0 Å². The van der Waals surface area contributed by atoms with Gasteiger partial charge in [0.2, 0.25) is 0 Å². The molecule has 0 aliphatic rings. The van der Waals surface area contributed by atoms with Crippen LogP contribution in [0.2, 0.25) is 0 Å². The van der Waals surface area contributed by atoms with E-state index in [1.165, 1.54) is 0 Å². The molecule has 0 spiro atoms. The molecule has 0 unspecified atom stereocenters. The molecule has 0 atom stereocenters. The third kappa shape index (κ3) is 5.09. The third-order valence-electron chi connectivity index (χ3n) is 0.582. The Morgan fingerprint density at radius 1 is 1.33 bits per heavy atom. The molecule has 9 heavy (non-hydrogen) atoms. The smallest absolute Gasteiger partial charge is 0.120 e. The minimum Gasteiger partial charge on any atom is -0.294 e. The quantitative estimate of drug-likeness (QED) is 0.303. The molecule has 0 aliphatic carbocycles. The molecular formula is C3H4N2Na2S2. The van der Waals surface area contributed by atoms with Crippen molar-refractivity contribution in [3.8, 4) is 0 Å². The first-order chi connectivity index (χ1) is 3.29. The van der Waals surface area contributed by atoms with Crippen molar-refractivity contribution in [2.24, 2.45) is 0 Å². The van der Waals surface area contributed by atoms with E-state index >= 15 is 0 Å². The van der Waals surface area contributed by atoms with Gasteiger partial charge in [0.05, 0.1) is 5.03 Å². The minimum atomic E-state index is 0. The van der Waals surface area contributed by atoms with Gasteiger partial charge >= 0.3 is 0 Å². The van der Waals surface area contributed by atoms with E-state index in [1.54, 1.807) is 6.07 Å². The maximum absolute atomic E-state index is 4.70. The molecule has 40 valence electrons. The van der Waals surface area contributed by atoms with Crippen molar-refractivity contribution in [3.63, 3.8) is 0 Å². The van der Waals surface area contributed by atoms with E-state index in [0.29, 0.717) is 4.64 Å². The molecule has 0 bridgehead atoms. The van der Waals surface area contributed by atoms with Crippen LogP contribution in [0.1, 0.15) is 0 Å². The Hall–Kier alpha value is 1.78. The van der Waals surface area contributed by atoms with Crippen LogP contribution >= 0.6 is 24.8 Å². The predicted octanol–water partition coefficient (Wildman–Crippen LogP) is 0.599. The molecule has 6 heteroatoms. The van der Waals surface area contributed by atoms with E-state index in [-0.39, 0.29) is 59.1 Å². The summed E-state index contributed by atoms with van der Waals surface area (Å²) in [7, 11) is 0. The van der Waals surface area contributed by atoms with E-state index < -0.39 is 0 Å². The van der Waals surface area contributed by atoms with Gasteiger partial charge in [-0.25, -0.2) is 0 Å². The van der Waals surface area contributed by atoms with Gasteiger partial charge in [0.25, 0.3) is 0 Å². The molecule has 1 rings (SSSR count). The number of hydrogen-bond donors (Lipinski definition) is 3. The van der Waals surface area contributed by atoms with Crippen LogP contribution in [-0.4, -0.2) is 69.3 Å². The van der Waals surface area contributed by atoms with Crippen LogP contribution in [0, 0.1) is 4.64 Å². The Balaban J connectivity index is 0. The Morgan fingerprint density at radius 2 is 1.89 bits per heavy atom. The molecule has 2 radical (unpaired) electrons. The van der Waals surface area contributed by atoms with Crippen LogP contribution in [0.3, 0.4) is 0 Å². The largest absolute Gasteiger partial charge is 0.294 e. The topological polar surface area (TPSA) is 31.6 Å². The minimum absolute atomic E-state index is 0. The molecule has 0 amide bonds. The SMILES string of the molecule is S=c1cc(S)[nH][nH]1.[Na].[Na]. The number of aromatic nitrogens is 2. The summed E-state index contributed by atoms with van der Waals surface area (Å²) in [6, 6.07) is 1.73. The summed E-state index contributed by atoms with van der Waals surface area (Å²) in [5.74, 6) is 0. The summed E-state index contributed by atoms with van der Waals surface area (Å²) in [6.45, 7) is 0. The summed E-state index contributed by atoms with van der Waals surface area (Å²) >= 11 is 8.65. The van der Waals surface area contributed by atoms with Crippen LogP contribution in [-0.2, 0) is 0 Å². The second-order valence-corrected chi connectivity index (χ2v) is 2.07. The number of rotatable bonds is 0. The fraction of sp³-hybridized carbons (Fsp3) is 0. The van der Waals surface area contributed by atoms with Gasteiger partial charge < -0.3 is 0 Å².